The van der Waals surface area contributed by atoms with Gasteiger partial charge in [0.1, 0.15) is 22.5 Å². The summed E-state index contributed by atoms with van der Waals surface area (Å²) in [6.07, 6.45) is 4.42. The average Bonchev–Trinajstić information content (AvgIpc) is 3.38. The van der Waals surface area contributed by atoms with Gasteiger partial charge in [0, 0.05) is 29.3 Å². The predicted octanol–water partition coefficient (Wildman–Crippen LogP) is 4.76. The molecule has 4 heterocycles. The first-order chi connectivity index (χ1) is 15.6. The van der Waals surface area contributed by atoms with Crippen molar-refractivity contribution < 1.29 is 13.9 Å². The highest BCUT2D eigenvalue weighted by Gasteiger charge is 2.50. The molecule has 1 aliphatic heterocycles. The maximum atomic E-state index is 12.9. The number of aryl methyl sites for hydroxylation is 1. The van der Waals surface area contributed by atoms with E-state index < -0.39 is 0 Å². The van der Waals surface area contributed by atoms with Crippen LogP contribution in [-0.4, -0.2) is 35.1 Å². The van der Waals surface area contributed by atoms with E-state index in [0.29, 0.717) is 17.0 Å². The lowest BCUT2D eigenvalue weighted by Crippen LogP contribution is -2.59. The quantitative estimate of drug-likeness (QED) is 0.479. The van der Waals surface area contributed by atoms with Gasteiger partial charge in [-0.2, -0.15) is 0 Å². The fourth-order valence-corrected chi connectivity index (χ4v) is 5.57. The van der Waals surface area contributed by atoms with Crippen LogP contribution < -0.4 is 5.32 Å². The molecular formula is C25H23N3O3S. The van der Waals surface area contributed by atoms with Crippen molar-refractivity contribution in [2.75, 3.05) is 13.2 Å². The number of amides is 1. The number of rotatable bonds is 5. The minimum absolute atomic E-state index is 0.0848. The first-order valence-electron chi connectivity index (χ1n) is 10.8. The third kappa shape index (κ3) is 3.51. The highest BCUT2D eigenvalue weighted by atomic mass is 32.1. The van der Waals surface area contributed by atoms with Crippen LogP contribution in [0.2, 0.25) is 0 Å². The number of carbonyl (C=O) groups excluding carboxylic acids is 1. The van der Waals surface area contributed by atoms with Crippen LogP contribution in [0, 0.1) is 12.3 Å². The molecule has 0 radical (unpaired) electrons. The number of hydrogen-bond acceptors (Lipinski definition) is 6. The molecule has 1 saturated carbocycles. The number of oxazole rings is 1. The molecule has 1 aromatic carbocycles. The van der Waals surface area contributed by atoms with Gasteiger partial charge in [-0.25, -0.2) is 9.97 Å². The molecule has 0 atom stereocenters. The lowest BCUT2D eigenvalue weighted by Gasteiger charge is -2.53. The first-order valence-corrected chi connectivity index (χ1v) is 11.7. The van der Waals surface area contributed by atoms with Crippen molar-refractivity contribution in [3.63, 3.8) is 0 Å². The molecule has 1 spiro atoms. The average molecular weight is 446 g/mol. The minimum Gasteiger partial charge on any atom is -0.449 e. The summed E-state index contributed by atoms with van der Waals surface area (Å²) >= 11 is 1.57. The number of fused-ring (bicyclic) bond motifs is 1. The molecule has 0 unspecified atom stereocenters. The molecule has 7 heteroatoms. The molecule has 1 saturated heterocycles. The fourth-order valence-electron chi connectivity index (χ4n) is 4.76. The highest BCUT2D eigenvalue weighted by molar-refractivity contribution is 7.16. The maximum absolute atomic E-state index is 12.9. The van der Waals surface area contributed by atoms with Crippen LogP contribution >= 0.6 is 11.3 Å². The maximum Gasteiger partial charge on any atom is 0.270 e. The van der Waals surface area contributed by atoms with Gasteiger partial charge in [0.25, 0.3) is 5.91 Å². The van der Waals surface area contributed by atoms with E-state index in [2.05, 4.69) is 45.6 Å². The third-order valence-electron chi connectivity index (χ3n) is 6.53. The first kappa shape index (κ1) is 19.6. The molecule has 6 rings (SSSR count). The predicted molar refractivity (Wildman–Crippen MR) is 123 cm³/mol. The Bertz CT molecular complexity index is 1300. The van der Waals surface area contributed by atoms with Gasteiger partial charge in [0.05, 0.1) is 13.2 Å². The molecule has 162 valence electrons. The van der Waals surface area contributed by atoms with Crippen molar-refractivity contribution in [1.29, 1.82) is 0 Å². The third-order valence-corrected chi connectivity index (χ3v) is 7.34. The van der Waals surface area contributed by atoms with E-state index in [4.69, 9.17) is 9.15 Å². The van der Waals surface area contributed by atoms with E-state index in [1.165, 1.54) is 5.56 Å². The number of aromatic nitrogens is 2. The summed E-state index contributed by atoms with van der Waals surface area (Å²) in [4.78, 5) is 22.9. The van der Waals surface area contributed by atoms with Gasteiger partial charge in [0.15, 0.2) is 5.89 Å². The van der Waals surface area contributed by atoms with Crippen molar-refractivity contribution >= 4 is 27.5 Å². The number of carbonyl (C=O) groups is 1. The lowest BCUT2D eigenvalue weighted by molar-refractivity contribution is -0.165. The summed E-state index contributed by atoms with van der Waals surface area (Å²) in [6.45, 7) is 3.50. The van der Waals surface area contributed by atoms with E-state index >= 15 is 0 Å². The monoisotopic (exact) mass is 445 g/mol. The van der Waals surface area contributed by atoms with Gasteiger partial charge in [-0.1, -0.05) is 24.3 Å². The second-order valence-corrected chi connectivity index (χ2v) is 9.90. The molecule has 1 N–H and O–H groups in total. The number of benzene rings is 1. The Morgan fingerprint density at radius 3 is 2.69 bits per heavy atom. The van der Waals surface area contributed by atoms with Crippen molar-refractivity contribution in [2.45, 2.75) is 32.2 Å². The van der Waals surface area contributed by atoms with Crippen molar-refractivity contribution in [3.05, 3.63) is 70.8 Å². The molecule has 4 aromatic rings. The number of hydrogen-bond donors (Lipinski definition) is 1. The zero-order chi connectivity index (χ0) is 21.7. The Balaban J connectivity index is 1.22. The van der Waals surface area contributed by atoms with Crippen LogP contribution in [0.5, 0.6) is 0 Å². The van der Waals surface area contributed by atoms with Crippen LogP contribution in [0.3, 0.4) is 0 Å². The largest absolute Gasteiger partial charge is 0.449 e. The number of thiophene rings is 1. The summed E-state index contributed by atoms with van der Waals surface area (Å²) in [5, 5.41) is 6.30. The molecule has 6 nitrogen and oxygen atoms in total. The van der Waals surface area contributed by atoms with E-state index in [1.807, 2.05) is 18.4 Å². The van der Waals surface area contributed by atoms with E-state index in [0.717, 1.165) is 59.5 Å². The molecule has 3 aromatic heterocycles. The summed E-state index contributed by atoms with van der Waals surface area (Å²) < 4.78 is 10.7. The van der Waals surface area contributed by atoms with Crippen LogP contribution in [0.4, 0.5) is 0 Å². The summed E-state index contributed by atoms with van der Waals surface area (Å²) in [7, 11) is 0. The summed E-state index contributed by atoms with van der Waals surface area (Å²) in [5.74, 6) is 0.572. The van der Waals surface area contributed by atoms with Gasteiger partial charge in [-0.05, 0) is 47.9 Å². The van der Waals surface area contributed by atoms with Gasteiger partial charge in [-0.15, -0.1) is 11.3 Å². The van der Waals surface area contributed by atoms with Gasteiger partial charge in [0.2, 0.25) is 0 Å². The zero-order valence-corrected chi connectivity index (χ0v) is 18.6. The normalized spacial score (nSPS) is 17.3. The molecular weight excluding hydrogens is 422 g/mol. The number of ether oxygens (including phenoxy) is 1. The molecule has 2 aliphatic rings. The second-order valence-electron chi connectivity index (χ2n) is 9.00. The smallest absolute Gasteiger partial charge is 0.270 e. The van der Waals surface area contributed by atoms with Crippen LogP contribution in [0.25, 0.3) is 21.5 Å². The molecule has 32 heavy (non-hydrogen) atoms. The lowest BCUT2D eigenvalue weighted by atomic mass is 9.64. The van der Waals surface area contributed by atoms with Gasteiger partial charge >= 0.3 is 0 Å². The Labute approximate surface area is 189 Å². The van der Waals surface area contributed by atoms with Gasteiger partial charge < -0.3 is 14.5 Å². The Morgan fingerprint density at radius 2 is 2.00 bits per heavy atom. The van der Waals surface area contributed by atoms with Crippen molar-refractivity contribution in [1.82, 2.24) is 15.3 Å². The molecule has 0 bridgehead atoms. The van der Waals surface area contributed by atoms with E-state index in [-0.39, 0.29) is 11.9 Å². The highest BCUT2D eigenvalue weighted by Crippen LogP contribution is 2.46. The van der Waals surface area contributed by atoms with Crippen molar-refractivity contribution in [2.24, 2.45) is 5.41 Å². The van der Waals surface area contributed by atoms with Crippen LogP contribution in [-0.2, 0) is 11.2 Å². The Hall–Kier alpha value is -3.03. The summed E-state index contributed by atoms with van der Waals surface area (Å²) in [6, 6.07) is 12.6. The second kappa shape index (κ2) is 7.53. The van der Waals surface area contributed by atoms with E-state index in [9.17, 15) is 4.79 Å². The number of nitrogens with one attached hydrogen (secondary N) is 1. The van der Waals surface area contributed by atoms with Crippen molar-refractivity contribution in [3.8, 4) is 11.3 Å². The molecule has 2 fully saturated rings. The Kier molecular flexibility index (Phi) is 4.62. The topological polar surface area (TPSA) is 77.2 Å². The van der Waals surface area contributed by atoms with Gasteiger partial charge in [-0.3, -0.25) is 4.79 Å². The molecule has 1 aliphatic carbocycles. The van der Waals surface area contributed by atoms with Crippen LogP contribution in [0.15, 0.2) is 52.5 Å². The minimum atomic E-state index is -0.0848. The Morgan fingerprint density at radius 1 is 1.19 bits per heavy atom. The van der Waals surface area contributed by atoms with E-state index in [1.54, 1.807) is 17.6 Å². The zero-order valence-electron chi connectivity index (χ0n) is 17.8. The SMILES string of the molecule is Cc1nc(-c2ccc(Cc3cc(C(=O)NC4CC5(COC5)C4)nc4sccc34)cc2)co1. The number of pyridine rings is 1. The fraction of sp³-hybridized carbons (Fsp3) is 0.320. The number of nitrogens with zero attached hydrogens (tertiary/aromatic N) is 2. The van der Waals surface area contributed by atoms with Crippen LogP contribution in [0.1, 0.15) is 40.3 Å². The summed E-state index contributed by atoms with van der Waals surface area (Å²) in [5.41, 5.74) is 4.97. The molecule has 1 amide bonds. The standard InChI is InChI=1S/C25H23N3O3S/c1-15-26-22(12-31-15)17-4-2-16(3-5-17)8-18-9-21(28-24-20(18)6-7-32-24)23(29)27-19-10-25(11-19)13-30-14-25/h2-7,9,12,19H,8,10-11,13-14H2,1H3,(H,27,29).